The summed E-state index contributed by atoms with van der Waals surface area (Å²) in [6.07, 6.45) is -9.12. The average molecular weight is 1700 g/mol. The van der Waals surface area contributed by atoms with Crippen LogP contribution in [-0.2, 0) is 66.5 Å². The minimum absolute atomic E-state index is 0. The Balaban J connectivity index is -0.000000633. The normalized spacial score (nSPS) is 19.9. The van der Waals surface area contributed by atoms with E-state index in [1.807, 2.05) is 27.7 Å². The van der Waals surface area contributed by atoms with Gasteiger partial charge in [0.15, 0.2) is 11.2 Å². The van der Waals surface area contributed by atoms with E-state index in [4.69, 9.17) is 47.4 Å². The van der Waals surface area contributed by atoms with Crippen LogP contribution < -0.4 is 23.0 Å². The molecular weight excluding hydrogens is 1560 g/mol. The first kappa shape index (κ1) is 116. The molecular formula is C77H137ClF9MgN5O21. The van der Waals surface area contributed by atoms with Gasteiger partial charge in [0.1, 0.15) is 28.0 Å². The molecule has 0 saturated carbocycles. The van der Waals surface area contributed by atoms with Gasteiger partial charge in [-0.05, 0) is 234 Å². The Bertz CT molecular complexity index is 2680. The molecule has 0 aliphatic carbocycles. The van der Waals surface area contributed by atoms with Crippen molar-refractivity contribution in [3.63, 3.8) is 0 Å². The zero-order valence-electron chi connectivity index (χ0n) is 71.4. The van der Waals surface area contributed by atoms with Crippen molar-refractivity contribution < 1.29 is 153 Å². The van der Waals surface area contributed by atoms with Crippen LogP contribution in [0.3, 0.4) is 0 Å². The molecule has 114 heavy (non-hydrogen) atoms. The van der Waals surface area contributed by atoms with Crippen LogP contribution in [0.1, 0.15) is 233 Å². The predicted molar refractivity (Wildman–Crippen MR) is 406 cm³/mol. The maximum Gasteiger partial charge on any atom is 2.00 e. The molecule has 5 rings (SSSR count). The van der Waals surface area contributed by atoms with Crippen molar-refractivity contribution in [1.82, 2.24) is 25.3 Å². The van der Waals surface area contributed by atoms with Crippen molar-refractivity contribution in [2.75, 3.05) is 120 Å². The third kappa shape index (κ3) is 51.6. The molecule has 5 fully saturated rings. The zero-order valence-corrected chi connectivity index (χ0v) is 73.6. The quantitative estimate of drug-likeness (QED) is 0.0167. The number of esters is 2. The Morgan fingerprint density at radius 1 is 0.430 bits per heavy atom. The minimum atomic E-state index is -4.85. The second kappa shape index (κ2) is 55.9. The molecule has 4 N–H and O–H groups in total. The van der Waals surface area contributed by atoms with Crippen molar-refractivity contribution in [3.05, 3.63) is 6.92 Å². The second-order valence-corrected chi connectivity index (χ2v) is 32.7. The van der Waals surface area contributed by atoms with Gasteiger partial charge >= 0.3 is 84.1 Å². The van der Waals surface area contributed by atoms with Gasteiger partial charge in [-0.3, -0.25) is 14.4 Å². The number of nitrogens with one attached hydrogen (secondary N) is 2. The van der Waals surface area contributed by atoms with Crippen LogP contribution in [0.15, 0.2) is 0 Å². The van der Waals surface area contributed by atoms with Gasteiger partial charge in [-0.15, -0.1) is 0 Å². The van der Waals surface area contributed by atoms with Crippen LogP contribution in [0, 0.1) is 36.5 Å². The summed E-state index contributed by atoms with van der Waals surface area (Å²) in [5.41, 5.74) is -8.69. The Kier molecular flexibility index (Phi) is 56.7. The van der Waals surface area contributed by atoms with Gasteiger partial charge in [0.05, 0.1) is 25.0 Å². The van der Waals surface area contributed by atoms with Gasteiger partial charge in [0.2, 0.25) is 5.78 Å². The fourth-order valence-corrected chi connectivity index (χ4v) is 11.6. The van der Waals surface area contributed by atoms with E-state index in [2.05, 4.69) is 22.3 Å². The molecule has 37 heteroatoms. The monoisotopic (exact) mass is 1700 g/mol. The summed E-state index contributed by atoms with van der Waals surface area (Å²) in [6.45, 7) is 39.5. The molecule has 7 atom stereocenters. The van der Waals surface area contributed by atoms with Crippen LogP contribution in [-0.4, -0.2) is 274 Å². The fourth-order valence-electron chi connectivity index (χ4n) is 11.6. The summed E-state index contributed by atoms with van der Waals surface area (Å²) in [6, 6.07) is 0. The molecule has 0 aromatic carbocycles. The van der Waals surface area contributed by atoms with E-state index in [1.54, 1.807) is 102 Å². The first-order valence-corrected chi connectivity index (χ1v) is 38.7. The number of hydrogen-bond acceptors (Lipinski definition) is 23. The second-order valence-electron chi connectivity index (χ2n) is 32.7. The molecule has 26 nitrogen and oxygen atoms in total. The Hall–Kier alpha value is -4.69. The number of ketones is 1. The van der Waals surface area contributed by atoms with Crippen LogP contribution in [0.2, 0.25) is 0 Å². The number of aliphatic hydroxyl groups is 2. The van der Waals surface area contributed by atoms with Gasteiger partial charge < -0.3 is 107 Å². The van der Waals surface area contributed by atoms with Crippen LogP contribution in [0.4, 0.5) is 63.5 Å². The average Bonchev–Trinajstić information content (AvgIpc) is 0.784. The largest absolute Gasteiger partial charge is 2.00 e. The number of nitrogens with zero attached hydrogens (tertiary/aromatic N) is 3. The fraction of sp³-hybridized carbons (Fsp3) is 0.883. The molecule has 7 unspecified atom stereocenters. The number of rotatable bonds is 20. The van der Waals surface area contributed by atoms with Crippen molar-refractivity contribution in [3.8, 4) is 0 Å². The number of unbranched alkanes of at least 4 members (excludes halogenated alkanes) is 3. The molecule has 0 aromatic heterocycles. The van der Waals surface area contributed by atoms with Gasteiger partial charge in [-0.25, -0.2) is 24.0 Å². The zero-order chi connectivity index (χ0) is 86.8. The van der Waals surface area contributed by atoms with Crippen molar-refractivity contribution in [2.24, 2.45) is 29.6 Å². The van der Waals surface area contributed by atoms with E-state index in [0.717, 1.165) is 64.8 Å². The molecule has 0 spiro atoms. The Morgan fingerprint density at radius 3 is 1.08 bits per heavy atom. The topological polar surface area (TPSA) is 312 Å². The number of methoxy groups -OCH3 is 3. The third-order valence-corrected chi connectivity index (χ3v) is 16.9. The number of ether oxygens (including phenoxy) is 11. The maximum atomic E-state index is 13.6. The van der Waals surface area contributed by atoms with Gasteiger partial charge in [0.25, 0.3) is 0 Å². The number of likely N-dealkylation sites (tertiary alicyclic amines) is 3. The Labute approximate surface area is 693 Å². The van der Waals surface area contributed by atoms with Crippen molar-refractivity contribution in [2.45, 2.75) is 291 Å². The van der Waals surface area contributed by atoms with E-state index in [-0.39, 0.29) is 111 Å². The summed E-state index contributed by atoms with van der Waals surface area (Å²) >= 11 is 0. The van der Waals surface area contributed by atoms with Crippen molar-refractivity contribution >= 4 is 71.4 Å². The molecule has 5 aliphatic heterocycles. The molecule has 5 heterocycles. The van der Waals surface area contributed by atoms with Gasteiger partial charge in [0, 0.05) is 111 Å². The maximum absolute atomic E-state index is 13.6. The molecule has 3 amide bonds. The summed E-state index contributed by atoms with van der Waals surface area (Å²) in [5, 5.41) is 26.6. The van der Waals surface area contributed by atoms with Gasteiger partial charge in [-0.1, -0.05) is 6.42 Å². The summed E-state index contributed by atoms with van der Waals surface area (Å²) < 4.78 is 171. The van der Waals surface area contributed by atoms with E-state index in [1.165, 1.54) is 24.0 Å². The number of halogens is 10. The van der Waals surface area contributed by atoms with Crippen LogP contribution in [0.25, 0.3) is 0 Å². The number of Topliss-reactive ketones (excluding diaryl/α,β-unsaturated/α-hetero) is 1. The number of carbonyl (C=O) groups excluding carboxylic acids is 8. The molecule has 668 valence electrons. The minimum Gasteiger partial charge on any atom is -1.00 e. The number of hydrogen-bond donors (Lipinski definition) is 4. The number of piperidine rings is 5. The molecule has 5 aliphatic rings. The van der Waals surface area contributed by atoms with Crippen LogP contribution in [0.5, 0.6) is 0 Å². The number of amides is 3. The van der Waals surface area contributed by atoms with E-state index < -0.39 is 112 Å². The SMILES string of the molecule is CC(C)(C)OC(=O)N1CCCC(C(=O)C(F)(F)F)C1.CC(C)(C)OC(=O)OC(=O)OC(C)(C)C.CCOC(=O)C1CCCN(C(=O)OC(C)(C)C)C1.CCOC(=O)C1CCCNC1.COCCCCC(O)(C1CCCN(C(=O)OC(C)(C)C)C1)C(F)(F)F.COCCCCC(O)(C1CCCNC1)C(F)(F)F.[CH2-]CCCOC.[Cl-].[Mg+2]. The Morgan fingerprint density at radius 2 is 0.754 bits per heavy atom. The first-order chi connectivity index (χ1) is 51.4. The summed E-state index contributed by atoms with van der Waals surface area (Å²) in [7, 11) is 4.70. The van der Waals surface area contributed by atoms with E-state index in [0.29, 0.717) is 97.6 Å². The number of carbonyl (C=O) groups is 8. The van der Waals surface area contributed by atoms with E-state index in [9.17, 15) is 88.1 Å². The summed E-state index contributed by atoms with van der Waals surface area (Å²) in [4.78, 5) is 95.8. The number of alkyl halides is 9. The third-order valence-electron chi connectivity index (χ3n) is 16.9. The molecule has 0 radical (unpaired) electrons. The van der Waals surface area contributed by atoms with Crippen LogP contribution >= 0.6 is 0 Å². The molecule has 0 bridgehead atoms. The predicted octanol–water partition coefficient (Wildman–Crippen LogP) is 12.1. The molecule has 0 aromatic rings. The van der Waals surface area contributed by atoms with Gasteiger partial charge in [-0.2, -0.15) is 45.9 Å². The summed E-state index contributed by atoms with van der Waals surface area (Å²) in [5.74, 6) is -5.12. The van der Waals surface area contributed by atoms with E-state index >= 15 is 0 Å². The first-order valence-electron chi connectivity index (χ1n) is 38.7. The smallest absolute Gasteiger partial charge is 1.00 e. The van der Waals surface area contributed by atoms with Crippen molar-refractivity contribution in [1.29, 1.82) is 0 Å². The molecule has 5 saturated heterocycles. The standard InChI is InChI=1S/C17H30F3NO4.C13H23NO4.C12H18F3NO3.C12H22F3NO2.C10H18O5.C8H15NO2.C5H11O.ClH.Mg/c1-15(2,3)25-14(22)21-10-7-8-13(12-21)16(23,17(18,19)20)9-5-6-11-24-4;1-5-17-11(15)10-7-6-8-14(9-10)12(16)18-13(2,3)4;1-11(2,3)19-10(18)16-6-4-5-8(7-16)9(17)12(13,14)15;1-18-8-3-2-6-11(17,12(13,14)15)10-5-4-7-16-9-10;1-9(2,3)14-7(11)13-8(12)15-10(4,5)6;1-2-11-8(10)7-4-3-5-9-6-7;1-3-4-5-6-2;;/h13,23H,5-12H2,1-4H3;10H,5-9H2,1-4H3;8H,4-7H2,1-3H3;10,16-17H,2-9H2,1H3;1-6H3;7,9H,2-6H2,1H3;1,3-5H2,2H3;1H;/q;;;;;;-1;;+2/p-1.